The maximum atomic E-state index is 13.8. The van der Waals surface area contributed by atoms with Crippen molar-refractivity contribution in [3.8, 4) is 0 Å². The molecule has 0 spiro atoms. The van der Waals surface area contributed by atoms with Crippen LogP contribution in [0.25, 0.3) is 11.0 Å². The summed E-state index contributed by atoms with van der Waals surface area (Å²) < 4.78 is 16.1. The highest BCUT2D eigenvalue weighted by atomic mass is 127. The van der Waals surface area contributed by atoms with Gasteiger partial charge in [0, 0.05) is 25.1 Å². The predicted octanol–water partition coefficient (Wildman–Crippen LogP) is 3.19. The summed E-state index contributed by atoms with van der Waals surface area (Å²) in [6, 6.07) is 3.50. The maximum Gasteiger partial charge on any atom is 0.222 e. The molecule has 0 unspecified atom stereocenters. The molecular weight excluding hydrogens is 408 g/mol. The van der Waals surface area contributed by atoms with E-state index in [1.54, 1.807) is 6.07 Å². The molecular formula is C14H14ClFIN3O. The molecule has 1 fully saturated rings. The summed E-state index contributed by atoms with van der Waals surface area (Å²) in [4.78, 5) is 16.2. The van der Waals surface area contributed by atoms with Crippen molar-refractivity contribution in [3.63, 3.8) is 0 Å². The highest BCUT2D eigenvalue weighted by Crippen LogP contribution is 2.23. The van der Waals surface area contributed by atoms with E-state index in [0.717, 1.165) is 12.8 Å². The van der Waals surface area contributed by atoms with Crippen LogP contribution >= 0.6 is 34.2 Å². The third kappa shape index (κ3) is 3.31. The molecule has 4 nitrogen and oxygen atoms in total. The molecule has 0 bridgehead atoms. The lowest BCUT2D eigenvalue weighted by Gasteiger charge is -2.08. The number of alkyl halides is 1. The smallest absolute Gasteiger partial charge is 0.222 e. The lowest BCUT2D eigenvalue weighted by molar-refractivity contribution is -0.121. The molecule has 1 aliphatic carbocycles. The third-order valence-electron chi connectivity index (χ3n) is 3.49. The largest absolute Gasteiger partial charge is 0.353 e. The van der Waals surface area contributed by atoms with Crippen molar-refractivity contribution in [1.29, 1.82) is 0 Å². The molecule has 1 aromatic carbocycles. The Labute approximate surface area is 140 Å². The number of rotatable bonds is 5. The second-order valence-electron chi connectivity index (χ2n) is 5.16. The van der Waals surface area contributed by atoms with Gasteiger partial charge in [-0.25, -0.2) is 9.37 Å². The van der Waals surface area contributed by atoms with E-state index in [4.69, 9.17) is 11.6 Å². The first-order chi connectivity index (χ1) is 10.1. The zero-order valence-corrected chi connectivity index (χ0v) is 14.1. The summed E-state index contributed by atoms with van der Waals surface area (Å²) in [7, 11) is 0. The normalized spacial score (nSPS) is 14.6. The Hall–Kier alpha value is -0.890. The van der Waals surface area contributed by atoms with Crippen molar-refractivity contribution in [2.75, 3.05) is 0 Å². The molecule has 7 heteroatoms. The number of benzene rings is 1. The van der Waals surface area contributed by atoms with Crippen LogP contribution in [-0.2, 0) is 17.2 Å². The van der Waals surface area contributed by atoms with Crippen LogP contribution in [0, 0.1) is 9.39 Å². The van der Waals surface area contributed by atoms with Gasteiger partial charge in [0.1, 0.15) is 11.6 Å². The van der Waals surface area contributed by atoms with E-state index in [2.05, 4.69) is 10.3 Å². The molecule has 112 valence electrons. The molecule has 1 amide bonds. The molecule has 1 aromatic heterocycles. The minimum atomic E-state index is -0.284. The first-order valence-corrected chi connectivity index (χ1v) is 8.39. The zero-order valence-electron chi connectivity index (χ0n) is 11.2. The summed E-state index contributed by atoms with van der Waals surface area (Å²) in [6.07, 6.45) is 2.48. The van der Waals surface area contributed by atoms with Gasteiger partial charge in [0.25, 0.3) is 0 Å². The monoisotopic (exact) mass is 421 g/mol. The SMILES string of the molecule is O=C(CCn1c(CCl)nc2cc(I)c(F)cc21)NC1CC1. The van der Waals surface area contributed by atoms with Crippen molar-refractivity contribution in [2.45, 2.75) is 37.7 Å². The minimum Gasteiger partial charge on any atom is -0.353 e. The number of carbonyl (C=O) groups excluding carboxylic acids is 1. The zero-order chi connectivity index (χ0) is 15.0. The fraction of sp³-hybridized carbons (Fsp3) is 0.429. The Bertz CT molecular complexity index is 699. The number of aryl methyl sites for hydroxylation is 1. The fourth-order valence-electron chi connectivity index (χ4n) is 2.26. The van der Waals surface area contributed by atoms with Gasteiger partial charge in [-0.3, -0.25) is 4.79 Å². The summed E-state index contributed by atoms with van der Waals surface area (Å²) in [5.41, 5.74) is 1.39. The lowest BCUT2D eigenvalue weighted by Crippen LogP contribution is -2.26. The van der Waals surface area contributed by atoms with Crippen LogP contribution in [0.4, 0.5) is 4.39 Å². The number of carbonyl (C=O) groups is 1. The average Bonchev–Trinajstić information content (AvgIpc) is 3.19. The Kier molecular flexibility index (Phi) is 4.35. The number of nitrogens with zero attached hydrogens (tertiary/aromatic N) is 2. The molecule has 0 saturated heterocycles. The van der Waals surface area contributed by atoms with E-state index in [1.807, 2.05) is 27.2 Å². The van der Waals surface area contributed by atoms with Crippen molar-refractivity contribution in [2.24, 2.45) is 0 Å². The molecule has 1 N–H and O–H groups in total. The van der Waals surface area contributed by atoms with Crippen molar-refractivity contribution in [3.05, 3.63) is 27.3 Å². The number of amides is 1. The Balaban J connectivity index is 1.84. The second kappa shape index (κ2) is 6.08. The van der Waals surface area contributed by atoms with Gasteiger partial charge in [-0.2, -0.15) is 0 Å². The van der Waals surface area contributed by atoms with E-state index < -0.39 is 0 Å². The van der Waals surface area contributed by atoms with Gasteiger partial charge in [-0.1, -0.05) is 0 Å². The highest BCUT2D eigenvalue weighted by Gasteiger charge is 2.23. The van der Waals surface area contributed by atoms with E-state index >= 15 is 0 Å². The number of hydrogen-bond acceptors (Lipinski definition) is 2. The summed E-state index contributed by atoms with van der Waals surface area (Å²) in [6.45, 7) is 0.455. The van der Waals surface area contributed by atoms with E-state index in [1.165, 1.54) is 6.07 Å². The number of fused-ring (bicyclic) bond motifs is 1. The van der Waals surface area contributed by atoms with Crippen molar-refractivity contribution < 1.29 is 9.18 Å². The van der Waals surface area contributed by atoms with Crippen LogP contribution in [0.3, 0.4) is 0 Å². The van der Waals surface area contributed by atoms with Gasteiger partial charge in [-0.15, -0.1) is 11.6 Å². The topological polar surface area (TPSA) is 46.9 Å². The number of nitrogens with one attached hydrogen (secondary N) is 1. The van der Waals surface area contributed by atoms with Gasteiger partial charge in [0.2, 0.25) is 5.91 Å². The van der Waals surface area contributed by atoms with Gasteiger partial charge < -0.3 is 9.88 Å². The predicted molar refractivity (Wildman–Crippen MR) is 87.7 cm³/mol. The first-order valence-electron chi connectivity index (χ1n) is 6.78. The van der Waals surface area contributed by atoms with Crippen molar-refractivity contribution >= 4 is 51.1 Å². The van der Waals surface area contributed by atoms with Crippen LogP contribution in [0.5, 0.6) is 0 Å². The molecule has 2 aromatic rings. The number of imidazole rings is 1. The molecule has 3 rings (SSSR count). The quantitative estimate of drug-likeness (QED) is 0.595. The van der Waals surface area contributed by atoms with Crippen LogP contribution in [-0.4, -0.2) is 21.5 Å². The van der Waals surface area contributed by atoms with Crippen LogP contribution < -0.4 is 5.32 Å². The van der Waals surface area contributed by atoms with Crippen LogP contribution in [0.1, 0.15) is 25.1 Å². The highest BCUT2D eigenvalue weighted by molar-refractivity contribution is 14.1. The minimum absolute atomic E-state index is 0.0193. The number of aromatic nitrogens is 2. The Morgan fingerprint density at radius 3 is 2.95 bits per heavy atom. The van der Waals surface area contributed by atoms with E-state index in [9.17, 15) is 9.18 Å². The molecule has 1 saturated carbocycles. The van der Waals surface area contributed by atoms with Gasteiger partial charge in [0.05, 0.1) is 20.5 Å². The van der Waals surface area contributed by atoms with Crippen LogP contribution in [0.15, 0.2) is 12.1 Å². The third-order valence-corrected chi connectivity index (χ3v) is 4.56. The van der Waals surface area contributed by atoms with Gasteiger partial charge in [0.15, 0.2) is 0 Å². The molecule has 0 aliphatic heterocycles. The second-order valence-corrected chi connectivity index (χ2v) is 6.59. The van der Waals surface area contributed by atoms with Crippen LogP contribution in [0.2, 0.25) is 0 Å². The molecule has 21 heavy (non-hydrogen) atoms. The average molecular weight is 422 g/mol. The molecule has 1 aliphatic rings. The first kappa shape index (κ1) is 15.0. The molecule has 0 atom stereocenters. The Morgan fingerprint density at radius 1 is 1.52 bits per heavy atom. The number of hydrogen-bond donors (Lipinski definition) is 1. The van der Waals surface area contributed by atoms with Gasteiger partial charge >= 0.3 is 0 Å². The number of halogens is 3. The fourth-order valence-corrected chi connectivity index (χ4v) is 2.92. The van der Waals surface area contributed by atoms with Crippen molar-refractivity contribution in [1.82, 2.24) is 14.9 Å². The van der Waals surface area contributed by atoms with E-state index in [-0.39, 0.29) is 17.6 Å². The Morgan fingerprint density at radius 2 is 2.29 bits per heavy atom. The summed E-state index contributed by atoms with van der Waals surface area (Å²) in [5.74, 6) is 0.628. The maximum absolute atomic E-state index is 13.8. The molecule has 1 heterocycles. The lowest BCUT2D eigenvalue weighted by atomic mass is 10.3. The van der Waals surface area contributed by atoms with Gasteiger partial charge in [-0.05, 0) is 41.5 Å². The standard InChI is InChI=1S/C14H14ClFIN3O/c15-7-13-19-11-6-10(17)9(16)5-12(11)20(13)4-3-14(21)18-8-1-2-8/h5-6,8H,1-4,7H2,(H,18,21). The van der Waals surface area contributed by atoms with E-state index in [0.29, 0.717) is 39.4 Å². The molecule has 0 radical (unpaired) electrons. The summed E-state index contributed by atoms with van der Waals surface area (Å²) >= 11 is 7.85. The summed E-state index contributed by atoms with van der Waals surface area (Å²) in [5, 5.41) is 2.94.